The van der Waals surface area contributed by atoms with Crippen LogP contribution in [-0.4, -0.2) is 53.1 Å². The summed E-state index contributed by atoms with van der Waals surface area (Å²) in [6, 6.07) is 5.74. The minimum absolute atomic E-state index is 0.0175. The number of hydrogen-bond acceptors (Lipinski definition) is 5. The minimum Gasteiger partial charge on any atom is -0.493 e. The Morgan fingerprint density at radius 2 is 2.04 bits per heavy atom. The molecule has 0 atom stereocenters. The van der Waals surface area contributed by atoms with Crippen LogP contribution in [0.15, 0.2) is 36.7 Å². The molecule has 3 rings (SSSR count). The Morgan fingerprint density at radius 3 is 2.70 bits per heavy atom. The fourth-order valence-electron chi connectivity index (χ4n) is 2.44. The van der Waals surface area contributed by atoms with Crippen molar-refractivity contribution < 1.29 is 14.3 Å². The monoisotopic (exact) mass is 314 g/mol. The van der Waals surface area contributed by atoms with E-state index < -0.39 is 0 Å². The molecule has 1 aromatic heterocycles. The summed E-state index contributed by atoms with van der Waals surface area (Å²) in [6.45, 7) is 1.30. The van der Waals surface area contributed by atoms with Crippen molar-refractivity contribution in [2.75, 3.05) is 27.3 Å². The van der Waals surface area contributed by atoms with Crippen molar-refractivity contribution in [2.24, 2.45) is 0 Å². The molecule has 0 aliphatic carbocycles. The highest BCUT2D eigenvalue weighted by molar-refractivity contribution is 5.92. The number of methoxy groups -OCH3 is 2. The summed E-state index contributed by atoms with van der Waals surface area (Å²) in [6.07, 6.45) is 6.79. The van der Waals surface area contributed by atoms with E-state index in [0.717, 1.165) is 5.56 Å². The number of carbonyl (C=O) groups excluding carboxylic acids is 1. The number of likely N-dealkylation sites (tertiary alicyclic amines) is 1. The van der Waals surface area contributed by atoms with Crippen molar-refractivity contribution in [3.63, 3.8) is 0 Å². The second-order valence-corrected chi connectivity index (χ2v) is 5.23. The van der Waals surface area contributed by atoms with Gasteiger partial charge in [0.05, 0.1) is 26.5 Å². The molecule has 0 unspecified atom stereocenters. The summed E-state index contributed by atoms with van der Waals surface area (Å²) in [4.78, 5) is 13.9. The lowest BCUT2D eigenvalue weighted by Gasteiger charge is -2.38. The zero-order valence-electron chi connectivity index (χ0n) is 13.0. The predicted octanol–water partition coefficient (Wildman–Crippen LogP) is 1.39. The van der Waals surface area contributed by atoms with Crippen LogP contribution in [-0.2, 0) is 4.79 Å². The summed E-state index contributed by atoms with van der Waals surface area (Å²) in [5.74, 6) is 1.28. The van der Waals surface area contributed by atoms with Crippen LogP contribution in [0.25, 0.3) is 6.08 Å². The third-order valence-electron chi connectivity index (χ3n) is 3.82. The highest BCUT2D eigenvalue weighted by Gasteiger charge is 2.31. The Bertz CT molecular complexity index is 706. The Hall–Kier alpha value is -2.83. The van der Waals surface area contributed by atoms with Crippen molar-refractivity contribution in [3.05, 3.63) is 42.2 Å². The van der Waals surface area contributed by atoms with Gasteiger partial charge in [-0.3, -0.25) is 4.79 Å². The largest absolute Gasteiger partial charge is 0.493 e. The van der Waals surface area contributed by atoms with Crippen molar-refractivity contribution in [1.29, 1.82) is 0 Å². The van der Waals surface area contributed by atoms with Crippen molar-refractivity contribution in [2.45, 2.75) is 6.04 Å². The van der Waals surface area contributed by atoms with Crippen LogP contribution in [0, 0.1) is 0 Å². The molecule has 0 radical (unpaired) electrons. The first-order valence-electron chi connectivity index (χ1n) is 7.26. The number of rotatable bonds is 5. The first kappa shape index (κ1) is 15.1. The number of nitrogens with zero attached hydrogens (tertiary/aromatic N) is 4. The molecule has 1 aromatic carbocycles. The molecule has 120 valence electrons. The smallest absolute Gasteiger partial charge is 0.246 e. The average molecular weight is 314 g/mol. The fourth-order valence-corrected chi connectivity index (χ4v) is 2.44. The molecule has 1 amide bonds. The Labute approximate surface area is 134 Å². The molecule has 7 nitrogen and oxygen atoms in total. The van der Waals surface area contributed by atoms with Crippen LogP contribution < -0.4 is 9.47 Å². The number of ether oxygens (including phenoxy) is 2. The summed E-state index contributed by atoms with van der Waals surface area (Å²) >= 11 is 0. The molecule has 0 N–H and O–H groups in total. The molecule has 23 heavy (non-hydrogen) atoms. The molecule has 1 fully saturated rings. The van der Waals surface area contributed by atoms with E-state index in [1.165, 1.54) is 0 Å². The Kier molecular flexibility index (Phi) is 4.27. The first-order valence-corrected chi connectivity index (χ1v) is 7.26. The third-order valence-corrected chi connectivity index (χ3v) is 3.82. The van der Waals surface area contributed by atoms with Gasteiger partial charge in [-0.05, 0) is 23.8 Å². The molecular weight excluding hydrogens is 296 g/mol. The number of benzene rings is 1. The summed E-state index contributed by atoms with van der Waals surface area (Å²) in [5, 5.41) is 7.72. The number of aromatic nitrogens is 3. The second-order valence-electron chi connectivity index (χ2n) is 5.23. The zero-order valence-corrected chi connectivity index (χ0v) is 13.0. The highest BCUT2D eigenvalue weighted by Crippen LogP contribution is 2.28. The molecule has 2 heterocycles. The first-order chi connectivity index (χ1) is 11.2. The van der Waals surface area contributed by atoms with E-state index in [0.29, 0.717) is 24.6 Å². The van der Waals surface area contributed by atoms with Gasteiger partial charge in [0.2, 0.25) is 5.91 Å². The average Bonchev–Trinajstić information content (AvgIpc) is 3.05. The number of carbonyl (C=O) groups is 1. The van der Waals surface area contributed by atoms with E-state index in [-0.39, 0.29) is 11.9 Å². The molecule has 1 aliphatic rings. The zero-order chi connectivity index (χ0) is 16.2. The number of hydrogen-bond donors (Lipinski definition) is 0. The quantitative estimate of drug-likeness (QED) is 0.780. The van der Waals surface area contributed by atoms with Crippen LogP contribution in [0.2, 0.25) is 0 Å². The third kappa shape index (κ3) is 3.18. The highest BCUT2D eigenvalue weighted by atomic mass is 16.5. The van der Waals surface area contributed by atoms with Gasteiger partial charge < -0.3 is 14.4 Å². The van der Waals surface area contributed by atoms with E-state index in [1.807, 2.05) is 24.4 Å². The van der Waals surface area contributed by atoms with Crippen LogP contribution in [0.4, 0.5) is 0 Å². The van der Waals surface area contributed by atoms with Crippen LogP contribution >= 0.6 is 0 Å². The van der Waals surface area contributed by atoms with Crippen molar-refractivity contribution in [3.8, 4) is 11.5 Å². The van der Waals surface area contributed by atoms with Crippen molar-refractivity contribution in [1.82, 2.24) is 19.9 Å². The summed E-state index contributed by atoms with van der Waals surface area (Å²) in [5.41, 5.74) is 0.879. The minimum atomic E-state index is -0.0175. The van der Waals surface area contributed by atoms with Crippen LogP contribution in [0.1, 0.15) is 11.6 Å². The normalized spacial score (nSPS) is 14.8. The van der Waals surface area contributed by atoms with Gasteiger partial charge in [-0.1, -0.05) is 11.3 Å². The van der Waals surface area contributed by atoms with Gasteiger partial charge >= 0.3 is 0 Å². The van der Waals surface area contributed by atoms with E-state index in [9.17, 15) is 4.79 Å². The molecule has 7 heteroatoms. The second kappa shape index (κ2) is 6.51. The van der Waals surface area contributed by atoms with Gasteiger partial charge in [0, 0.05) is 25.4 Å². The maximum atomic E-state index is 12.1. The van der Waals surface area contributed by atoms with Gasteiger partial charge in [0.15, 0.2) is 11.5 Å². The molecule has 0 spiro atoms. The lowest BCUT2D eigenvalue weighted by Crippen LogP contribution is -2.50. The predicted molar refractivity (Wildman–Crippen MR) is 84.2 cm³/mol. The van der Waals surface area contributed by atoms with Crippen LogP contribution in [0.3, 0.4) is 0 Å². The number of amides is 1. The summed E-state index contributed by atoms with van der Waals surface area (Å²) < 4.78 is 12.2. The topological polar surface area (TPSA) is 69.5 Å². The molecule has 1 aliphatic heterocycles. The van der Waals surface area contributed by atoms with Gasteiger partial charge in [0.25, 0.3) is 0 Å². The van der Waals surface area contributed by atoms with E-state index >= 15 is 0 Å². The maximum absolute atomic E-state index is 12.1. The molecule has 0 saturated carbocycles. The van der Waals surface area contributed by atoms with E-state index in [2.05, 4.69) is 10.3 Å². The fraction of sp³-hybridized carbons (Fsp3) is 0.312. The SMILES string of the molecule is COc1ccc(/C=C/C(=O)N2CC(n3ccnn3)C2)cc1OC. The summed E-state index contributed by atoms with van der Waals surface area (Å²) in [7, 11) is 3.17. The van der Waals surface area contributed by atoms with Gasteiger partial charge in [-0.15, -0.1) is 5.10 Å². The Balaban J connectivity index is 1.59. The van der Waals surface area contributed by atoms with E-state index in [4.69, 9.17) is 9.47 Å². The van der Waals surface area contributed by atoms with Crippen LogP contribution in [0.5, 0.6) is 11.5 Å². The lowest BCUT2D eigenvalue weighted by atomic mass is 10.1. The molecule has 0 bridgehead atoms. The molecule has 1 saturated heterocycles. The van der Waals surface area contributed by atoms with E-state index in [1.54, 1.807) is 42.2 Å². The van der Waals surface area contributed by atoms with Gasteiger partial charge in [0.1, 0.15) is 0 Å². The molecular formula is C16H18N4O3. The van der Waals surface area contributed by atoms with Gasteiger partial charge in [-0.25, -0.2) is 4.68 Å². The lowest BCUT2D eigenvalue weighted by molar-refractivity contribution is -0.131. The Morgan fingerprint density at radius 1 is 1.26 bits per heavy atom. The maximum Gasteiger partial charge on any atom is 0.246 e. The van der Waals surface area contributed by atoms with Gasteiger partial charge in [-0.2, -0.15) is 0 Å². The van der Waals surface area contributed by atoms with Crippen molar-refractivity contribution >= 4 is 12.0 Å². The standard InChI is InChI=1S/C16H18N4O3/c1-22-14-5-3-12(9-15(14)23-2)4-6-16(21)19-10-13(11-19)20-8-7-17-18-20/h3-9,13H,10-11H2,1-2H3/b6-4+. The molecule has 2 aromatic rings.